The number of anilines is 1. The third kappa shape index (κ3) is 3.00. The van der Waals surface area contributed by atoms with E-state index in [9.17, 15) is 9.90 Å². The Bertz CT molecular complexity index is 1120. The molecule has 0 spiro atoms. The maximum atomic E-state index is 12.9. The lowest BCUT2D eigenvalue weighted by atomic mass is 9.97. The Morgan fingerprint density at radius 2 is 1.81 bits per heavy atom. The van der Waals surface area contributed by atoms with Gasteiger partial charge in [0.2, 0.25) is 0 Å². The Balaban J connectivity index is 1.85. The number of ether oxygens (including phenoxy) is 1. The fourth-order valence-corrected chi connectivity index (χ4v) is 3.12. The van der Waals surface area contributed by atoms with Gasteiger partial charge >= 0.3 is 0 Å². The summed E-state index contributed by atoms with van der Waals surface area (Å²) in [4.78, 5) is 12.9. The molecule has 3 aromatic carbocycles. The van der Waals surface area contributed by atoms with Crippen LogP contribution in [0.2, 0.25) is 0 Å². The van der Waals surface area contributed by atoms with Crippen molar-refractivity contribution in [2.24, 2.45) is 0 Å². The van der Waals surface area contributed by atoms with Crippen LogP contribution in [-0.2, 0) is 0 Å². The number of hydrogen-bond acceptors (Lipinski definition) is 4. The van der Waals surface area contributed by atoms with Gasteiger partial charge in [0.15, 0.2) is 0 Å². The van der Waals surface area contributed by atoms with E-state index in [1.165, 1.54) is 13.4 Å². The average Bonchev–Trinajstić information content (AvgIpc) is 3.22. The largest absolute Gasteiger partial charge is 0.506 e. The van der Waals surface area contributed by atoms with Crippen molar-refractivity contribution in [3.05, 3.63) is 78.6 Å². The lowest BCUT2D eigenvalue weighted by Gasteiger charge is -2.14. The van der Waals surface area contributed by atoms with Crippen molar-refractivity contribution < 1.29 is 19.1 Å². The third-order valence-electron chi connectivity index (χ3n) is 4.39. The van der Waals surface area contributed by atoms with Crippen molar-refractivity contribution in [3.63, 3.8) is 0 Å². The molecular formula is C22H17NO4. The van der Waals surface area contributed by atoms with Crippen LogP contribution >= 0.6 is 0 Å². The summed E-state index contributed by atoms with van der Waals surface area (Å²) in [5, 5.41) is 15.3. The molecule has 0 aliphatic rings. The average molecular weight is 359 g/mol. The van der Waals surface area contributed by atoms with Gasteiger partial charge in [-0.2, -0.15) is 0 Å². The van der Waals surface area contributed by atoms with Crippen molar-refractivity contribution in [2.45, 2.75) is 0 Å². The summed E-state index contributed by atoms with van der Waals surface area (Å²) in [5.74, 6) is 0.472. The molecule has 0 saturated heterocycles. The van der Waals surface area contributed by atoms with E-state index in [1.54, 1.807) is 36.4 Å². The molecule has 0 saturated carbocycles. The van der Waals surface area contributed by atoms with Crippen molar-refractivity contribution in [2.75, 3.05) is 12.4 Å². The molecule has 2 N–H and O–H groups in total. The molecule has 4 rings (SSSR count). The highest BCUT2D eigenvalue weighted by molar-refractivity contribution is 6.12. The van der Waals surface area contributed by atoms with Gasteiger partial charge in [-0.1, -0.05) is 36.4 Å². The van der Waals surface area contributed by atoms with Crippen LogP contribution in [0.3, 0.4) is 0 Å². The van der Waals surface area contributed by atoms with Gasteiger partial charge in [-0.25, -0.2) is 0 Å². The quantitative estimate of drug-likeness (QED) is 0.534. The number of nitrogens with one attached hydrogen (secondary N) is 1. The van der Waals surface area contributed by atoms with Gasteiger partial charge in [0.05, 0.1) is 30.2 Å². The predicted octanol–water partition coefficient (Wildman–Crippen LogP) is 5.07. The second kappa shape index (κ2) is 6.88. The summed E-state index contributed by atoms with van der Waals surface area (Å²) in [6.45, 7) is 0. The Morgan fingerprint density at radius 3 is 2.59 bits per heavy atom. The number of methoxy groups -OCH3 is 1. The van der Waals surface area contributed by atoms with Crippen LogP contribution in [0.25, 0.3) is 22.1 Å². The van der Waals surface area contributed by atoms with Crippen LogP contribution in [0.5, 0.6) is 11.5 Å². The second-order valence-corrected chi connectivity index (χ2v) is 6.00. The van der Waals surface area contributed by atoms with Crippen molar-refractivity contribution in [3.8, 4) is 22.8 Å². The number of amides is 1. The molecule has 27 heavy (non-hydrogen) atoms. The summed E-state index contributed by atoms with van der Waals surface area (Å²) in [6.07, 6.45) is 1.53. The number of furan rings is 1. The number of fused-ring (bicyclic) bond motifs is 1. The monoisotopic (exact) mass is 359 g/mol. The molecule has 0 aliphatic carbocycles. The van der Waals surface area contributed by atoms with E-state index in [0.29, 0.717) is 22.8 Å². The normalized spacial score (nSPS) is 10.7. The van der Waals surface area contributed by atoms with Crippen molar-refractivity contribution in [1.82, 2.24) is 0 Å². The van der Waals surface area contributed by atoms with Gasteiger partial charge in [0.1, 0.15) is 17.3 Å². The highest BCUT2D eigenvalue weighted by atomic mass is 16.5. The maximum Gasteiger partial charge on any atom is 0.259 e. The summed E-state index contributed by atoms with van der Waals surface area (Å²) in [6, 6.07) is 19.8. The molecule has 0 atom stereocenters. The van der Waals surface area contributed by atoms with Crippen LogP contribution < -0.4 is 10.1 Å². The summed E-state index contributed by atoms with van der Waals surface area (Å²) in [5.41, 5.74) is 1.17. The van der Waals surface area contributed by atoms with E-state index in [2.05, 4.69) is 5.32 Å². The first-order chi connectivity index (χ1) is 13.2. The highest BCUT2D eigenvalue weighted by Gasteiger charge is 2.21. The SMILES string of the molecule is COc1ccccc1NC(=O)c1cc2ccccc2c(-c2ccco2)c1O. The van der Waals surface area contributed by atoms with Crippen LogP contribution in [0, 0.1) is 0 Å². The zero-order valence-corrected chi connectivity index (χ0v) is 14.6. The number of benzene rings is 3. The lowest BCUT2D eigenvalue weighted by Crippen LogP contribution is -2.13. The van der Waals surface area contributed by atoms with E-state index >= 15 is 0 Å². The van der Waals surface area contributed by atoms with E-state index in [-0.39, 0.29) is 11.3 Å². The second-order valence-electron chi connectivity index (χ2n) is 6.00. The van der Waals surface area contributed by atoms with Gasteiger partial charge in [0, 0.05) is 0 Å². The Morgan fingerprint density at radius 1 is 1.04 bits per heavy atom. The highest BCUT2D eigenvalue weighted by Crippen LogP contribution is 2.40. The van der Waals surface area contributed by atoms with E-state index < -0.39 is 5.91 Å². The van der Waals surface area contributed by atoms with E-state index in [4.69, 9.17) is 9.15 Å². The molecule has 5 nitrogen and oxygen atoms in total. The number of rotatable bonds is 4. The minimum atomic E-state index is -0.435. The lowest BCUT2D eigenvalue weighted by molar-refractivity contribution is 0.102. The Kier molecular flexibility index (Phi) is 4.26. The number of carbonyl (C=O) groups is 1. The number of carbonyl (C=O) groups excluding carboxylic acids is 1. The van der Waals surface area contributed by atoms with Crippen molar-refractivity contribution >= 4 is 22.4 Å². The molecule has 0 fully saturated rings. The predicted molar refractivity (Wildman–Crippen MR) is 104 cm³/mol. The minimum Gasteiger partial charge on any atom is -0.506 e. The molecule has 0 bridgehead atoms. The molecule has 134 valence electrons. The van der Waals surface area contributed by atoms with E-state index in [1.807, 2.05) is 30.3 Å². The number of hydrogen-bond donors (Lipinski definition) is 2. The zero-order valence-electron chi connectivity index (χ0n) is 14.6. The molecule has 4 aromatic rings. The van der Waals surface area contributed by atoms with Crippen LogP contribution in [-0.4, -0.2) is 18.1 Å². The molecule has 1 amide bonds. The first kappa shape index (κ1) is 16.7. The van der Waals surface area contributed by atoms with Gasteiger partial charge in [-0.3, -0.25) is 4.79 Å². The molecular weight excluding hydrogens is 342 g/mol. The third-order valence-corrected chi connectivity index (χ3v) is 4.39. The standard InChI is InChI=1S/C22H17NO4/c1-26-18-10-5-4-9-17(18)23-22(25)16-13-14-7-2-3-8-15(14)20(21(16)24)19-11-6-12-27-19/h2-13,24H,1H3,(H,23,25). The van der Waals surface area contributed by atoms with Gasteiger partial charge in [0.25, 0.3) is 5.91 Å². The van der Waals surface area contributed by atoms with Crippen LogP contribution in [0.15, 0.2) is 77.4 Å². The molecule has 1 aromatic heterocycles. The zero-order chi connectivity index (χ0) is 18.8. The topological polar surface area (TPSA) is 71.7 Å². The molecule has 5 heteroatoms. The number of phenols is 1. The molecule has 1 heterocycles. The Labute approximate surface area is 155 Å². The van der Waals surface area contributed by atoms with Crippen molar-refractivity contribution in [1.29, 1.82) is 0 Å². The van der Waals surface area contributed by atoms with Gasteiger partial charge in [-0.05, 0) is 41.1 Å². The van der Waals surface area contributed by atoms with Gasteiger partial charge < -0.3 is 19.6 Å². The van der Waals surface area contributed by atoms with Gasteiger partial charge in [-0.15, -0.1) is 0 Å². The smallest absolute Gasteiger partial charge is 0.259 e. The minimum absolute atomic E-state index is 0.129. The molecule has 0 radical (unpaired) electrons. The fourth-order valence-electron chi connectivity index (χ4n) is 3.12. The summed E-state index contributed by atoms with van der Waals surface area (Å²) >= 11 is 0. The van der Waals surface area contributed by atoms with Crippen LogP contribution in [0.1, 0.15) is 10.4 Å². The first-order valence-corrected chi connectivity index (χ1v) is 8.42. The summed E-state index contributed by atoms with van der Waals surface area (Å²) in [7, 11) is 1.54. The molecule has 0 aliphatic heterocycles. The molecule has 0 unspecified atom stereocenters. The van der Waals surface area contributed by atoms with Crippen LogP contribution in [0.4, 0.5) is 5.69 Å². The first-order valence-electron chi connectivity index (χ1n) is 8.42. The number of aromatic hydroxyl groups is 1. The Hall–Kier alpha value is -3.73. The number of para-hydroxylation sites is 2. The number of phenolic OH excluding ortho intramolecular Hbond substituents is 1. The summed E-state index contributed by atoms with van der Waals surface area (Å²) < 4.78 is 10.8. The maximum absolute atomic E-state index is 12.9. The fraction of sp³-hybridized carbons (Fsp3) is 0.0455. The van der Waals surface area contributed by atoms with E-state index in [0.717, 1.165) is 10.8 Å².